The van der Waals surface area contributed by atoms with E-state index in [4.69, 9.17) is 4.74 Å². The average molecular weight is 301 g/mol. The number of nitrogens with zero attached hydrogens (tertiary/aromatic N) is 1. The fourth-order valence-corrected chi connectivity index (χ4v) is 3.48. The van der Waals surface area contributed by atoms with Gasteiger partial charge in [0.25, 0.3) is 0 Å². The van der Waals surface area contributed by atoms with Gasteiger partial charge in [-0.3, -0.25) is 9.59 Å². The van der Waals surface area contributed by atoms with E-state index in [0.717, 1.165) is 12.8 Å². The smallest absolute Gasteiger partial charge is 0.225 e. The Morgan fingerprint density at radius 1 is 1.27 bits per heavy atom. The Hall–Kier alpha value is -2.04. The van der Waals surface area contributed by atoms with Crippen molar-refractivity contribution >= 4 is 11.7 Å². The lowest BCUT2D eigenvalue weighted by Crippen LogP contribution is -2.52. The maximum atomic E-state index is 12.4. The number of piperidine rings is 1. The summed E-state index contributed by atoms with van der Waals surface area (Å²) < 4.78 is 6.10. The number of carbonyl (C=O) groups is 2. The first-order valence-electron chi connectivity index (χ1n) is 7.90. The molecule has 5 heteroatoms. The van der Waals surface area contributed by atoms with E-state index in [1.807, 2.05) is 4.90 Å². The highest BCUT2D eigenvalue weighted by atomic mass is 16.5. The fourth-order valence-electron chi connectivity index (χ4n) is 3.48. The molecular formula is C17H19NO4. The first-order chi connectivity index (χ1) is 10.6. The second kappa shape index (κ2) is 4.73. The number of Topliss-reactive ketones (excluding diaryl/α,β-unsaturated/α-hetero) is 1. The number of aromatic hydroxyl groups is 1. The highest BCUT2D eigenvalue weighted by molar-refractivity contribution is 6.00. The van der Waals surface area contributed by atoms with Crippen LogP contribution in [-0.4, -0.2) is 40.4 Å². The van der Waals surface area contributed by atoms with E-state index in [1.165, 1.54) is 12.1 Å². The minimum absolute atomic E-state index is 0.0585. The molecule has 1 aliphatic carbocycles. The van der Waals surface area contributed by atoms with Crippen LogP contribution in [0.4, 0.5) is 0 Å². The standard InChI is InChI=1S/C17H19NO4/c19-12-3-4-13-14(20)10-17(22-15(13)9-12)5-7-18(8-6-17)16(21)11-1-2-11/h3-4,9,11,19H,1-2,5-8,10H2. The summed E-state index contributed by atoms with van der Waals surface area (Å²) in [5.41, 5.74) is 0.0259. The molecule has 1 spiro atoms. The predicted molar refractivity (Wildman–Crippen MR) is 79.0 cm³/mol. The third-order valence-electron chi connectivity index (χ3n) is 4.99. The van der Waals surface area contributed by atoms with Crippen LogP contribution in [0.25, 0.3) is 0 Å². The molecule has 116 valence electrons. The van der Waals surface area contributed by atoms with Crippen LogP contribution in [0.1, 0.15) is 42.5 Å². The van der Waals surface area contributed by atoms with E-state index in [0.29, 0.717) is 43.7 Å². The molecule has 0 aromatic heterocycles. The van der Waals surface area contributed by atoms with Crippen LogP contribution in [0.2, 0.25) is 0 Å². The van der Waals surface area contributed by atoms with Gasteiger partial charge in [-0.05, 0) is 25.0 Å². The number of amides is 1. The summed E-state index contributed by atoms with van der Waals surface area (Å²) in [5.74, 6) is 1.13. The van der Waals surface area contributed by atoms with Crippen molar-refractivity contribution in [3.8, 4) is 11.5 Å². The molecule has 0 radical (unpaired) electrons. The molecule has 5 nitrogen and oxygen atoms in total. The van der Waals surface area contributed by atoms with Crippen molar-refractivity contribution in [3.63, 3.8) is 0 Å². The van der Waals surface area contributed by atoms with Gasteiger partial charge in [-0.25, -0.2) is 0 Å². The summed E-state index contributed by atoms with van der Waals surface area (Å²) in [6, 6.07) is 4.64. The maximum absolute atomic E-state index is 12.4. The van der Waals surface area contributed by atoms with Crippen LogP contribution in [0.5, 0.6) is 11.5 Å². The number of ketones is 1. The molecular weight excluding hydrogens is 282 g/mol. The van der Waals surface area contributed by atoms with Crippen LogP contribution >= 0.6 is 0 Å². The second-order valence-electron chi connectivity index (χ2n) is 6.67. The molecule has 3 aliphatic rings. The Morgan fingerprint density at radius 3 is 2.68 bits per heavy atom. The van der Waals surface area contributed by atoms with Crippen molar-refractivity contribution in [3.05, 3.63) is 23.8 Å². The minimum Gasteiger partial charge on any atom is -0.508 e. The number of hydrogen-bond donors (Lipinski definition) is 1. The van der Waals surface area contributed by atoms with Crippen molar-refractivity contribution in [1.29, 1.82) is 0 Å². The summed E-state index contributed by atoms with van der Waals surface area (Å²) >= 11 is 0. The van der Waals surface area contributed by atoms with Gasteiger partial charge in [0.15, 0.2) is 5.78 Å². The zero-order valence-corrected chi connectivity index (χ0v) is 12.4. The molecule has 2 fully saturated rings. The van der Waals surface area contributed by atoms with Gasteiger partial charge < -0.3 is 14.7 Å². The summed E-state index contributed by atoms with van der Waals surface area (Å²) in [6.07, 6.45) is 3.74. The first kappa shape index (κ1) is 13.6. The van der Waals surface area contributed by atoms with Crippen LogP contribution in [0.3, 0.4) is 0 Å². The molecule has 1 N–H and O–H groups in total. The third-order valence-corrected chi connectivity index (χ3v) is 4.99. The summed E-state index contributed by atoms with van der Waals surface area (Å²) in [5, 5.41) is 9.60. The van der Waals surface area contributed by atoms with E-state index >= 15 is 0 Å². The van der Waals surface area contributed by atoms with Crippen LogP contribution in [-0.2, 0) is 4.79 Å². The van der Waals surface area contributed by atoms with Crippen molar-refractivity contribution in [2.24, 2.45) is 5.92 Å². The number of likely N-dealkylation sites (tertiary alicyclic amines) is 1. The van der Waals surface area contributed by atoms with Crippen molar-refractivity contribution in [2.45, 2.75) is 37.7 Å². The molecule has 2 aliphatic heterocycles. The van der Waals surface area contributed by atoms with E-state index in [1.54, 1.807) is 6.07 Å². The number of hydrogen-bond acceptors (Lipinski definition) is 4. The molecule has 1 aromatic rings. The van der Waals surface area contributed by atoms with Crippen molar-refractivity contribution < 1.29 is 19.4 Å². The van der Waals surface area contributed by atoms with Gasteiger partial charge in [0, 0.05) is 37.9 Å². The molecule has 22 heavy (non-hydrogen) atoms. The average Bonchev–Trinajstić information content (AvgIpc) is 3.31. The van der Waals surface area contributed by atoms with Gasteiger partial charge in [-0.15, -0.1) is 0 Å². The maximum Gasteiger partial charge on any atom is 0.225 e. The highest BCUT2D eigenvalue weighted by Crippen LogP contribution is 2.41. The lowest BCUT2D eigenvalue weighted by molar-refractivity contribution is -0.136. The van der Waals surface area contributed by atoms with Crippen LogP contribution < -0.4 is 4.74 Å². The SMILES string of the molecule is O=C1CC2(CCN(C(=O)C3CC3)CC2)Oc2cc(O)ccc21. The lowest BCUT2D eigenvalue weighted by Gasteiger charge is -2.44. The molecule has 1 aromatic carbocycles. The molecule has 2 heterocycles. The van der Waals surface area contributed by atoms with E-state index in [-0.39, 0.29) is 23.4 Å². The largest absolute Gasteiger partial charge is 0.508 e. The fraction of sp³-hybridized carbons (Fsp3) is 0.529. The number of phenols is 1. The van der Waals surface area contributed by atoms with Gasteiger partial charge in [0.05, 0.1) is 12.0 Å². The van der Waals surface area contributed by atoms with Crippen LogP contribution in [0.15, 0.2) is 18.2 Å². The molecule has 0 atom stereocenters. The topological polar surface area (TPSA) is 66.8 Å². The highest BCUT2D eigenvalue weighted by Gasteiger charge is 2.45. The predicted octanol–water partition coefficient (Wildman–Crippen LogP) is 2.13. The Kier molecular flexibility index (Phi) is 2.93. The normalized spacial score (nSPS) is 23.1. The lowest BCUT2D eigenvalue weighted by atomic mass is 9.82. The first-order valence-corrected chi connectivity index (χ1v) is 7.90. The second-order valence-corrected chi connectivity index (χ2v) is 6.67. The van der Waals surface area contributed by atoms with Gasteiger partial charge in [0.1, 0.15) is 17.1 Å². The molecule has 1 saturated heterocycles. The number of carbonyl (C=O) groups excluding carboxylic acids is 2. The quantitative estimate of drug-likeness (QED) is 0.863. The van der Waals surface area contributed by atoms with Gasteiger partial charge >= 0.3 is 0 Å². The van der Waals surface area contributed by atoms with Crippen molar-refractivity contribution in [2.75, 3.05) is 13.1 Å². The minimum atomic E-state index is -0.516. The third kappa shape index (κ3) is 2.25. The molecule has 0 unspecified atom stereocenters. The van der Waals surface area contributed by atoms with E-state index in [2.05, 4.69) is 0 Å². The van der Waals surface area contributed by atoms with Crippen molar-refractivity contribution in [1.82, 2.24) is 4.90 Å². The number of rotatable bonds is 1. The van der Waals surface area contributed by atoms with Crippen LogP contribution in [0, 0.1) is 5.92 Å². The molecule has 1 amide bonds. The Balaban J connectivity index is 1.52. The van der Waals surface area contributed by atoms with E-state index < -0.39 is 5.60 Å². The molecule has 1 saturated carbocycles. The van der Waals surface area contributed by atoms with Gasteiger partial charge in [-0.2, -0.15) is 0 Å². The Bertz CT molecular complexity index is 642. The summed E-state index contributed by atoms with van der Waals surface area (Å²) in [4.78, 5) is 26.4. The van der Waals surface area contributed by atoms with Gasteiger partial charge in [0.2, 0.25) is 5.91 Å². The number of phenolic OH excluding ortho intramolecular Hbond substituents is 1. The number of ether oxygens (including phenoxy) is 1. The zero-order valence-electron chi connectivity index (χ0n) is 12.4. The van der Waals surface area contributed by atoms with E-state index in [9.17, 15) is 14.7 Å². The monoisotopic (exact) mass is 301 g/mol. The molecule has 4 rings (SSSR count). The molecule has 0 bridgehead atoms. The zero-order chi connectivity index (χ0) is 15.3. The Labute approximate surface area is 128 Å². The summed E-state index contributed by atoms with van der Waals surface area (Å²) in [6.45, 7) is 1.30. The summed E-state index contributed by atoms with van der Waals surface area (Å²) in [7, 11) is 0. The Morgan fingerprint density at radius 2 is 2.00 bits per heavy atom. The number of benzene rings is 1. The van der Waals surface area contributed by atoms with Gasteiger partial charge in [-0.1, -0.05) is 0 Å². The number of fused-ring (bicyclic) bond motifs is 1.